The first kappa shape index (κ1) is 21.4. The van der Waals surface area contributed by atoms with E-state index in [1.165, 1.54) is 4.31 Å². The summed E-state index contributed by atoms with van der Waals surface area (Å²) in [5.74, 6) is -0.834. The number of anilines is 1. The minimum atomic E-state index is -3.32. The Morgan fingerprint density at radius 1 is 1.26 bits per heavy atom. The number of carbonyl (C=O) groups excluding carboxylic acids is 2. The number of sulfonamides is 1. The maximum Gasteiger partial charge on any atom is 0.253 e. The van der Waals surface area contributed by atoms with Gasteiger partial charge in [-0.05, 0) is 45.2 Å². The number of nitrogens with zero attached hydrogens (tertiary/aromatic N) is 1. The minimum absolute atomic E-state index is 0.0167. The topological polar surface area (TPSA) is 95.6 Å². The summed E-state index contributed by atoms with van der Waals surface area (Å²) in [5, 5.41) is 5.63. The predicted molar refractivity (Wildman–Crippen MR) is 106 cm³/mol. The molecule has 2 N–H and O–H groups in total. The molecule has 0 radical (unpaired) electrons. The summed E-state index contributed by atoms with van der Waals surface area (Å²) in [6.07, 6.45) is 1.83. The molecule has 1 saturated heterocycles. The highest BCUT2D eigenvalue weighted by Gasteiger charge is 2.32. The molecule has 2 rings (SSSR count). The monoisotopic (exact) mass is 395 g/mol. The third-order valence-electron chi connectivity index (χ3n) is 4.46. The molecule has 8 heteroatoms. The Morgan fingerprint density at radius 3 is 2.63 bits per heavy atom. The predicted octanol–water partition coefficient (Wildman–Crippen LogP) is 2.22. The van der Waals surface area contributed by atoms with Crippen molar-refractivity contribution in [2.45, 2.75) is 46.1 Å². The first-order valence-electron chi connectivity index (χ1n) is 9.43. The van der Waals surface area contributed by atoms with Gasteiger partial charge in [0, 0.05) is 19.1 Å². The van der Waals surface area contributed by atoms with Crippen LogP contribution in [0.25, 0.3) is 0 Å². The number of hydrogen-bond acceptors (Lipinski definition) is 4. The van der Waals surface area contributed by atoms with Gasteiger partial charge in [-0.1, -0.05) is 19.1 Å². The second-order valence-corrected chi connectivity index (χ2v) is 9.26. The molecule has 1 aliphatic rings. The van der Waals surface area contributed by atoms with E-state index in [-0.39, 0.29) is 30.2 Å². The van der Waals surface area contributed by atoms with Gasteiger partial charge in [0.25, 0.3) is 5.91 Å². The molecule has 1 aromatic rings. The summed E-state index contributed by atoms with van der Waals surface area (Å²) in [5.41, 5.74) is 0.833. The highest BCUT2D eigenvalue weighted by Crippen LogP contribution is 2.23. The SMILES string of the molecule is CCCS(=O)(=O)N1CCC[C@@H](C(=O)Nc2ccccc2C(=O)NC(C)C)C1. The van der Waals surface area contributed by atoms with E-state index in [0.717, 1.165) is 0 Å². The zero-order valence-electron chi connectivity index (χ0n) is 16.2. The number of rotatable bonds is 7. The van der Waals surface area contributed by atoms with Gasteiger partial charge in [-0.25, -0.2) is 12.7 Å². The van der Waals surface area contributed by atoms with Crippen molar-refractivity contribution in [2.24, 2.45) is 5.92 Å². The number of nitrogens with one attached hydrogen (secondary N) is 2. The molecule has 1 atom stereocenters. The fraction of sp³-hybridized carbons (Fsp3) is 0.579. The van der Waals surface area contributed by atoms with Gasteiger partial charge < -0.3 is 10.6 Å². The molecule has 1 aliphatic heterocycles. The van der Waals surface area contributed by atoms with Gasteiger partial charge in [0.2, 0.25) is 15.9 Å². The third-order valence-corrected chi connectivity index (χ3v) is 6.50. The quantitative estimate of drug-likeness (QED) is 0.740. The van der Waals surface area contributed by atoms with Gasteiger partial charge in [-0.3, -0.25) is 9.59 Å². The second-order valence-electron chi connectivity index (χ2n) is 7.18. The molecule has 1 aromatic carbocycles. The average molecular weight is 396 g/mol. The lowest BCUT2D eigenvalue weighted by Crippen LogP contribution is -2.44. The molecule has 0 bridgehead atoms. The van der Waals surface area contributed by atoms with Crippen LogP contribution in [0.4, 0.5) is 5.69 Å². The van der Waals surface area contributed by atoms with Crippen molar-refractivity contribution in [1.82, 2.24) is 9.62 Å². The lowest BCUT2D eigenvalue weighted by molar-refractivity contribution is -0.120. The van der Waals surface area contributed by atoms with Gasteiger partial charge in [0.05, 0.1) is 22.9 Å². The molecule has 0 aromatic heterocycles. The fourth-order valence-electron chi connectivity index (χ4n) is 3.16. The van der Waals surface area contributed by atoms with Crippen molar-refractivity contribution < 1.29 is 18.0 Å². The Balaban J connectivity index is 2.10. The van der Waals surface area contributed by atoms with Gasteiger partial charge in [0.15, 0.2) is 0 Å². The molecule has 0 saturated carbocycles. The fourth-order valence-corrected chi connectivity index (χ4v) is 4.75. The molecule has 1 fully saturated rings. The normalized spacial score (nSPS) is 18.3. The summed E-state index contributed by atoms with van der Waals surface area (Å²) >= 11 is 0. The summed E-state index contributed by atoms with van der Waals surface area (Å²) in [6.45, 7) is 6.21. The Hall–Kier alpha value is -1.93. The number of amides is 2. The molecule has 1 heterocycles. The van der Waals surface area contributed by atoms with E-state index in [1.807, 2.05) is 20.8 Å². The average Bonchev–Trinajstić information content (AvgIpc) is 2.61. The molecule has 7 nitrogen and oxygen atoms in total. The molecule has 0 aliphatic carbocycles. The zero-order valence-corrected chi connectivity index (χ0v) is 17.0. The minimum Gasteiger partial charge on any atom is -0.350 e. The Labute approximate surface area is 161 Å². The van der Waals surface area contributed by atoms with Crippen molar-refractivity contribution in [3.05, 3.63) is 29.8 Å². The highest BCUT2D eigenvalue weighted by molar-refractivity contribution is 7.89. The largest absolute Gasteiger partial charge is 0.350 e. The first-order valence-corrected chi connectivity index (χ1v) is 11.0. The lowest BCUT2D eigenvalue weighted by Gasteiger charge is -2.31. The molecular weight excluding hydrogens is 366 g/mol. The van der Waals surface area contributed by atoms with E-state index < -0.39 is 15.9 Å². The molecule has 150 valence electrons. The summed E-state index contributed by atoms with van der Waals surface area (Å²) in [6, 6.07) is 6.82. The second kappa shape index (κ2) is 9.32. The van der Waals surface area contributed by atoms with Crippen LogP contribution in [0, 0.1) is 5.92 Å². The van der Waals surface area contributed by atoms with E-state index in [9.17, 15) is 18.0 Å². The summed E-state index contributed by atoms with van der Waals surface area (Å²) < 4.78 is 26.0. The van der Waals surface area contributed by atoms with Crippen molar-refractivity contribution in [3.63, 3.8) is 0 Å². The Bertz CT molecular complexity index is 777. The zero-order chi connectivity index (χ0) is 20.0. The van der Waals surface area contributed by atoms with Crippen LogP contribution in [0.15, 0.2) is 24.3 Å². The van der Waals surface area contributed by atoms with Gasteiger partial charge in [0.1, 0.15) is 0 Å². The number of para-hydroxylation sites is 1. The first-order chi connectivity index (χ1) is 12.7. The van der Waals surface area contributed by atoms with Gasteiger partial charge in [-0.2, -0.15) is 0 Å². The Kier molecular flexibility index (Phi) is 7.38. The van der Waals surface area contributed by atoms with Crippen LogP contribution >= 0.6 is 0 Å². The molecule has 2 amide bonds. The molecular formula is C19H29N3O4S. The van der Waals surface area contributed by atoms with Gasteiger partial charge in [-0.15, -0.1) is 0 Å². The number of hydrogen-bond donors (Lipinski definition) is 2. The summed E-state index contributed by atoms with van der Waals surface area (Å²) in [4.78, 5) is 25.1. The third kappa shape index (κ3) is 5.77. The van der Waals surface area contributed by atoms with E-state index in [4.69, 9.17) is 0 Å². The van der Waals surface area contributed by atoms with Crippen LogP contribution < -0.4 is 10.6 Å². The van der Waals surface area contributed by atoms with Crippen molar-refractivity contribution >= 4 is 27.5 Å². The lowest BCUT2D eigenvalue weighted by atomic mass is 9.98. The molecule has 27 heavy (non-hydrogen) atoms. The van der Waals surface area contributed by atoms with Crippen LogP contribution in [0.5, 0.6) is 0 Å². The van der Waals surface area contributed by atoms with E-state index >= 15 is 0 Å². The smallest absolute Gasteiger partial charge is 0.253 e. The summed E-state index contributed by atoms with van der Waals surface area (Å²) in [7, 11) is -3.32. The standard InChI is InChI=1S/C19H29N3O4S/c1-4-12-27(25,26)22-11-7-8-15(13-22)18(23)21-17-10-6-5-9-16(17)19(24)20-14(2)3/h5-6,9-10,14-15H,4,7-8,11-13H2,1-3H3,(H,20,24)(H,21,23)/t15-/m1/s1. The van der Waals surface area contributed by atoms with Crippen molar-refractivity contribution in [2.75, 3.05) is 24.2 Å². The number of carbonyl (C=O) groups is 2. The molecule has 0 spiro atoms. The van der Waals surface area contributed by atoms with Crippen molar-refractivity contribution in [3.8, 4) is 0 Å². The Morgan fingerprint density at radius 2 is 1.96 bits per heavy atom. The maximum atomic E-state index is 12.7. The number of benzene rings is 1. The number of piperidine rings is 1. The van der Waals surface area contributed by atoms with Gasteiger partial charge >= 0.3 is 0 Å². The molecule has 0 unspecified atom stereocenters. The van der Waals surface area contributed by atoms with E-state index in [2.05, 4.69) is 10.6 Å². The van der Waals surface area contributed by atoms with Crippen LogP contribution in [-0.2, 0) is 14.8 Å². The van der Waals surface area contributed by atoms with E-state index in [0.29, 0.717) is 37.1 Å². The highest BCUT2D eigenvalue weighted by atomic mass is 32.2. The van der Waals surface area contributed by atoms with E-state index in [1.54, 1.807) is 24.3 Å². The van der Waals surface area contributed by atoms with Crippen LogP contribution in [0.1, 0.15) is 50.4 Å². The van der Waals surface area contributed by atoms with Crippen LogP contribution in [0.3, 0.4) is 0 Å². The van der Waals surface area contributed by atoms with Crippen LogP contribution in [-0.4, -0.2) is 49.4 Å². The van der Waals surface area contributed by atoms with Crippen molar-refractivity contribution in [1.29, 1.82) is 0 Å². The van der Waals surface area contributed by atoms with Crippen LogP contribution in [0.2, 0.25) is 0 Å². The maximum absolute atomic E-state index is 12.7.